The topological polar surface area (TPSA) is 70.4 Å². The van der Waals surface area contributed by atoms with Crippen LogP contribution in [0.1, 0.15) is 16.1 Å². The first kappa shape index (κ1) is 7.53. The fourth-order valence-electron chi connectivity index (χ4n) is 0.721. The Labute approximate surface area is 63.1 Å². The van der Waals surface area contributed by atoms with Crippen molar-refractivity contribution in [2.45, 2.75) is 6.92 Å². The molecule has 4 nitrogen and oxygen atoms in total. The van der Waals surface area contributed by atoms with E-state index < -0.39 is 0 Å². The Kier molecular flexibility index (Phi) is 1.76. The molecule has 0 unspecified atom stereocenters. The van der Waals surface area contributed by atoms with Gasteiger partial charge in [0.05, 0.1) is 11.9 Å². The zero-order valence-corrected chi connectivity index (χ0v) is 5.90. The number of nitrogens with zero attached hydrogens (tertiary/aromatic N) is 1. The van der Waals surface area contributed by atoms with Crippen LogP contribution in [0.4, 0.5) is 0 Å². The highest BCUT2D eigenvalue weighted by Crippen LogP contribution is 2.25. The van der Waals surface area contributed by atoms with Gasteiger partial charge in [0.1, 0.15) is 11.3 Å². The molecule has 0 aliphatic heterocycles. The molecule has 4 heteroatoms. The predicted molar refractivity (Wildman–Crippen MR) is 37.7 cm³/mol. The first-order chi connectivity index (χ1) is 5.16. The molecule has 1 heterocycles. The fraction of sp³-hybridized carbons (Fsp3) is 0.143. The monoisotopic (exact) mass is 153 g/mol. The molecule has 0 radical (unpaired) electrons. The van der Waals surface area contributed by atoms with Gasteiger partial charge in [-0.15, -0.1) is 0 Å². The first-order valence-electron chi connectivity index (χ1n) is 2.99. The van der Waals surface area contributed by atoms with Gasteiger partial charge in [-0.25, -0.2) is 0 Å². The maximum absolute atomic E-state index is 10.3. The Balaban J connectivity index is 3.40. The van der Waals surface area contributed by atoms with Crippen molar-refractivity contribution in [3.63, 3.8) is 0 Å². The van der Waals surface area contributed by atoms with Crippen molar-refractivity contribution < 1.29 is 15.0 Å². The molecule has 0 atom stereocenters. The zero-order valence-electron chi connectivity index (χ0n) is 5.90. The van der Waals surface area contributed by atoms with Crippen molar-refractivity contribution in [1.29, 1.82) is 0 Å². The van der Waals surface area contributed by atoms with Gasteiger partial charge in [0, 0.05) is 0 Å². The van der Waals surface area contributed by atoms with Gasteiger partial charge in [-0.1, -0.05) is 0 Å². The van der Waals surface area contributed by atoms with Crippen molar-refractivity contribution in [1.82, 2.24) is 4.98 Å². The van der Waals surface area contributed by atoms with E-state index in [2.05, 4.69) is 4.98 Å². The third-order valence-electron chi connectivity index (χ3n) is 1.37. The molecule has 58 valence electrons. The lowest BCUT2D eigenvalue weighted by molar-refractivity contribution is 0.111. The highest BCUT2D eigenvalue weighted by atomic mass is 16.3. The van der Waals surface area contributed by atoms with E-state index in [1.54, 1.807) is 6.92 Å². The number of pyridine rings is 1. The number of carbonyl (C=O) groups excluding carboxylic acids is 1. The molecule has 1 aromatic rings. The van der Waals surface area contributed by atoms with Crippen LogP contribution in [0, 0.1) is 6.92 Å². The summed E-state index contributed by atoms with van der Waals surface area (Å²) in [5, 5.41) is 18.1. The summed E-state index contributed by atoms with van der Waals surface area (Å²) < 4.78 is 0. The van der Waals surface area contributed by atoms with Gasteiger partial charge < -0.3 is 10.2 Å². The third kappa shape index (κ3) is 1.14. The minimum Gasteiger partial charge on any atom is -0.505 e. The lowest BCUT2D eigenvalue weighted by Gasteiger charge is -2.01. The molecule has 0 aromatic carbocycles. The van der Waals surface area contributed by atoms with E-state index in [0.717, 1.165) is 6.20 Å². The number of carbonyl (C=O) groups is 1. The minimum absolute atomic E-state index is 0.113. The standard InChI is InChI=1S/C7H7NO3/c1-4-7(11)5(3-9)6(10)2-8-4/h2-3,10-11H,1H3. The van der Waals surface area contributed by atoms with Crippen molar-refractivity contribution in [3.8, 4) is 11.5 Å². The van der Waals surface area contributed by atoms with Crippen LogP contribution >= 0.6 is 0 Å². The molecule has 0 aliphatic carbocycles. The molecule has 0 spiro atoms. The summed E-state index contributed by atoms with van der Waals surface area (Å²) >= 11 is 0. The van der Waals surface area contributed by atoms with Gasteiger partial charge in [0.15, 0.2) is 12.0 Å². The van der Waals surface area contributed by atoms with Crippen LogP contribution in [0.5, 0.6) is 11.5 Å². The Morgan fingerprint density at radius 3 is 2.64 bits per heavy atom. The predicted octanol–water partition coefficient (Wildman–Crippen LogP) is 0.614. The SMILES string of the molecule is Cc1ncc(O)c(C=O)c1O. The van der Waals surface area contributed by atoms with E-state index in [-0.39, 0.29) is 17.1 Å². The summed E-state index contributed by atoms with van der Waals surface area (Å²) in [5.41, 5.74) is 0.211. The minimum atomic E-state index is -0.303. The summed E-state index contributed by atoms with van der Waals surface area (Å²) in [6, 6.07) is 0. The number of aromatic hydroxyl groups is 2. The van der Waals surface area contributed by atoms with Gasteiger partial charge in [0.25, 0.3) is 0 Å². The average molecular weight is 153 g/mol. The molecule has 0 bridgehead atoms. The second kappa shape index (κ2) is 2.57. The molecule has 0 fully saturated rings. The molecular weight excluding hydrogens is 146 g/mol. The Morgan fingerprint density at radius 1 is 1.55 bits per heavy atom. The smallest absolute Gasteiger partial charge is 0.157 e. The van der Waals surface area contributed by atoms with Crippen LogP contribution in [-0.4, -0.2) is 21.5 Å². The van der Waals surface area contributed by atoms with Crippen molar-refractivity contribution in [3.05, 3.63) is 17.5 Å². The molecule has 0 saturated heterocycles. The summed E-state index contributed by atoms with van der Waals surface area (Å²) in [6.45, 7) is 1.54. The van der Waals surface area contributed by atoms with E-state index in [1.807, 2.05) is 0 Å². The highest BCUT2D eigenvalue weighted by Gasteiger charge is 2.08. The van der Waals surface area contributed by atoms with Crippen LogP contribution in [0.25, 0.3) is 0 Å². The van der Waals surface area contributed by atoms with E-state index in [1.165, 1.54) is 0 Å². The molecule has 2 N–H and O–H groups in total. The number of aldehydes is 1. The van der Waals surface area contributed by atoms with Gasteiger partial charge in [-0.05, 0) is 6.92 Å². The van der Waals surface area contributed by atoms with Gasteiger partial charge in [-0.2, -0.15) is 0 Å². The Hall–Kier alpha value is -1.58. The van der Waals surface area contributed by atoms with Gasteiger partial charge in [-0.3, -0.25) is 9.78 Å². The number of hydrogen-bond donors (Lipinski definition) is 2. The molecular formula is C7H7NO3. The normalized spacial score (nSPS) is 9.55. The molecule has 11 heavy (non-hydrogen) atoms. The van der Waals surface area contributed by atoms with Crippen LogP contribution in [0.2, 0.25) is 0 Å². The van der Waals surface area contributed by atoms with Crippen LogP contribution < -0.4 is 0 Å². The van der Waals surface area contributed by atoms with Crippen LogP contribution in [0.15, 0.2) is 6.20 Å². The largest absolute Gasteiger partial charge is 0.505 e. The fourth-order valence-corrected chi connectivity index (χ4v) is 0.721. The summed E-state index contributed by atoms with van der Waals surface area (Å²) in [4.78, 5) is 13.9. The highest BCUT2D eigenvalue weighted by molar-refractivity contribution is 5.83. The first-order valence-corrected chi connectivity index (χ1v) is 2.99. The quantitative estimate of drug-likeness (QED) is 0.580. The van der Waals surface area contributed by atoms with E-state index >= 15 is 0 Å². The van der Waals surface area contributed by atoms with E-state index in [4.69, 9.17) is 10.2 Å². The third-order valence-corrected chi connectivity index (χ3v) is 1.37. The van der Waals surface area contributed by atoms with E-state index in [0.29, 0.717) is 12.0 Å². The molecule has 0 saturated carbocycles. The lowest BCUT2D eigenvalue weighted by atomic mass is 10.2. The Morgan fingerprint density at radius 2 is 2.18 bits per heavy atom. The summed E-state index contributed by atoms with van der Waals surface area (Å²) in [7, 11) is 0. The van der Waals surface area contributed by atoms with Gasteiger partial charge in [0.2, 0.25) is 0 Å². The zero-order chi connectivity index (χ0) is 8.43. The molecule has 0 amide bonds. The Bertz CT molecular complexity index is 296. The van der Waals surface area contributed by atoms with E-state index in [9.17, 15) is 4.79 Å². The van der Waals surface area contributed by atoms with Crippen molar-refractivity contribution in [2.75, 3.05) is 0 Å². The molecule has 1 aromatic heterocycles. The second-order valence-corrected chi connectivity index (χ2v) is 2.11. The number of hydrogen-bond acceptors (Lipinski definition) is 4. The van der Waals surface area contributed by atoms with Crippen LogP contribution in [0.3, 0.4) is 0 Å². The number of rotatable bonds is 1. The maximum Gasteiger partial charge on any atom is 0.157 e. The summed E-state index contributed by atoms with van der Waals surface area (Å²) in [5.74, 6) is -0.567. The number of aromatic nitrogens is 1. The van der Waals surface area contributed by atoms with Crippen molar-refractivity contribution in [2.24, 2.45) is 0 Å². The molecule has 0 aliphatic rings. The number of aryl methyl sites for hydroxylation is 1. The molecule has 1 rings (SSSR count). The lowest BCUT2D eigenvalue weighted by Crippen LogP contribution is -1.88. The van der Waals surface area contributed by atoms with Crippen LogP contribution in [-0.2, 0) is 0 Å². The maximum atomic E-state index is 10.3. The van der Waals surface area contributed by atoms with Gasteiger partial charge >= 0.3 is 0 Å². The summed E-state index contributed by atoms with van der Waals surface area (Å²) in [6.07, 6.45) is 1.51. The van der Waals surface area contributed by atoms with Crippen molar-refractivity contribution >= 4 is 6.29 Å². The average Bonchev–Trinajstić information content (AvgIpc) is 1.99. The second-order valence-electron chi connectivity index (χ2n) is 2.11.